The first-order valence-electron chi connectivity index (χ1n) is 4.80. The molecule has 2 aromatic rings. The van der Waals surface area contributed by atoms with Crippen LogP contribution in [0.5, 0.6) is 0 Å². The van der Waals surface area contributed by atoms with Gasteiger partial charge in [-0.3, -0.25) is 0 Å². The minimum atomic E-state index is 0.376. The fourth-order valence-electron chi connectivity index (χ4n) is 1.71. The first kappa shape index (κ1) is 9.00. The topological polar surface area (TPSA) is 26.9 Å². The molecule has 0 atom stereocenters. The average Bonchev–Trinajstić information content (AvgIpc) is 2.16. The van der Waals surface area contributed by atoms with Crippen molar-refractivity contribution in [3.05, 3.63) is 47.4 Å². The normalized spacial score (nSPS) is 11.1. The van der Waals surface area contributed by atoms with Crippen LogP contribution in [0.1, 0.15) is 25.3 Å². The van der Waals surface area contributed by atoms with Gasteiger partial charge in [-0.1, -0.05) is 32.0 Å². The molecule has 0 unspecified atom stereocenters. The Morgan fingerprint density at radius 3 is 2.57 bits per heavy atom. The van der Waals surface area contributed by atoms with E-state index in [9.17, 15) is 5.21 Å². The van der Waals surface area contributed by atoms with E-state index in [0.29, 0.717) is 5.92 Å². The van der Waals surface area contributed by atoms with Gasteiger partial charge < -0.3 is 5.21 Å². The molecule has 0 aliphatic heterocycles. The van der Waals surface area contributed by atoms with E-state index in [-0.39, 0.29) is 0 Å². The standard InChI is InChI=1S/C12H13NO/c1-9(2)12-8-13(14)7-10-5-3-4-6-11(10)12/h3-9H,1-2H3. The van der Waals surface area contributed by atoms with Crippen molar-refractivity contribution in [1.29, 1.82) is 0 Å². The van der Waals surface area contributed by atoms with Gasteiger partial charge in [-0.2, -0.15) is 4.73 Å². The zero-order valence-corrected chi connectivity index (χ0v) is 8.40. The van der Waals surface area contributed by atoms with Crippen molar-refractivity contribution in [2.24, 2.45) is 0 Å². The number of aromatic nitrogens is 1. The van der Waals surface area contributed by atoms with Gasteiger partial charge >= 0.3 is 0 Å². The van der Waals surface area contributed by atoms with Crippen molar-refractivity contribution in [2.45, 2.75) is 19.8 Å². The quantitative estimate of drug-likeness (QED) is 0.498. The smallest absolute Gasteiger partial charge is 0.188 e. The first-order chi connectivity index (χ1) is 6.68. The molecule has 0 N–H and O–H groups in total. The molecule has 0 radical (unpaired) electrons. The van der Waals surface area contributed by atoms with E-state index in [1.807, 2.05) is 18.2 Å². The maximum absolute atomic E-state index is 11.3. The van der Waals surface area contributed by atoms with Gasteiger partial charge in [0.15, 0.2) is 12.4 Å². The highest BCUT2D eigenvalue weighted by Gasteiger charge is 2.09. The summed E-state index contributed by atoms with van der Waals surface area (Å²) in [5.74, 6) is 0.376. The second-order valence-electron chi connectivity index (χ2n) is 3.82. The van der Waals surface area contributed by atoms with Crippen molar-refractivity contribution >= 4 is 10.8 Å². The maximum Gasteiger partial charge on any atom is 0.188 e. The van der Waals surface area contributed by atoms with Crippen LogP contribution in [0.4, 0.5) is 0 Å². The third kappa shape index (κ3) is 1.43. The number of pyridine rings is 1. The Balaban J connectivity index is 2.80. The summed E-state index contributed by atoms with van der Waals surface area (Å²) in [7, 11) is 0. The van der Waals surface area contributed by atoms with Crippen LogP contribution in [0.2, 0.25) is 0 Å². The molecule has 1 aromatic carbocycles. The molecule has 0 bridgehead atoms. The molecule has 0 saturated heterocycles. The van der Waals surface area contributed by atoms with Gasteiger partial charge in [0.1, 0.15) is 0 Å². The predicted octanol–water partition coefficient (Wildman–Crippen LogP) is 2.60. The van der Waals surface area contributed by atoms with Crippen LogP contribution >= 0.6 is 0 Å². The van der Waals surface area contributed by atoms with Gasteiger partial charge in [-0.25, -0.2) is 0 Å². The fourth-order valence-corrected chi connectivity index (χ4v) is 1.71. The minimum Gasteiger partial charge on any atom is -0.619 e. The van der Waals surface area contributed by atoms with Crippen LogP contribution < -0.4 is 4.73 Å². The molecule has 14 heavy (non-hydrogen) atoms. The minimum absolute atomic E-state index is 0.376. The lowest BCUT2D eigenvalue weighted by atomic mass is 9.99. The Morgan fingerprint density at radius 2 is 1.86 bits per heavy atom. The van der Waals surface area contributed by atoms with Gasteiger partial charge in [0.2, 0.25) is 0 Å². The highest BCUT2D eigenvalue weighted by Crippen LogP contribution is 2.22. The van der Waals surface area contributed by atoms with E-state index in [2.05, 4.69) is 19.9 Å². The second-order valence-corrected chi connectivity index (χ2v) is 3.82. The lowest BCUT2D eigenvalue weighted by Crippen LogP contribution is -2.25. The largest absolute Gasteiger partial charge is 0.619 e. The summed E-state index contributed by atoms with van der Waals surface area (Å²) in [6, 6.07) is 7.98. The molecule has 2 nitrogen and oxygen atoms in total. The van der Waals surface area contributed by atoms with Gasteiger partial charge in [-0.05, 0) is 17.4 Å². The first-order valence-corrected chi connectivity index (χ1v) is 4.80. The van der Waals surface area contributed by atoms with Crippen LogP contribution in [-0.4, -0.2) is 0 Å². The molecule has 0 amide bonds. The Bertz CT molecular complexity index is 463. The Hall–Kier alpha value is -1.57. The van der Waals surface area contributed by atoms with Gasteiger partial charge in [0, 0.05) is 10.9 Å². The molecule has 0 aliphatic carbocycles. The molecule has 2 rings (SSSR count). The molecule has 0 saturated carbocycles. The van der Waals surface area contributed by atoms with E-state index in [4.69, 9.17) is 0 Å². The van der Waals surface area contributed by atoms with E-state index in [1.165, 1.54) is 5.39 Å². The summed E-state index contributed by atoms with van der Waals surface area (Å²) < 4.78 is 0.887. The van der Waals surface area contributed by atoms with Gasteiger partial charge in [-0.15, -0.1) is 0 Å². The van der Waals surface area contributed by atoms with Crippen molar-refractivity contribution in [3.63, 3.8) is 0 Å². The van der Waals surface area contributed by atoms with E-state index < -0.39 is 0 Å². The van der Waals surface area contributed by atoms with Gasteiger partial charge in [0.05, 0.1) is 0 Å². The van der Waals surface area contributed by atoms with Crippen LogP contribution in [0, 0.1) is 5.21 Å². The number of nitrogens with zero attached hydrogens (tertiary/aromatic N) is 1. The summed E-state index contributed by atoms with van der Waals surface area (Å²) in [5, 5.41) is 13.5. The molecular weight excluding hydrogens is 174 g/mol. The zero-order chi connectivity index (χ0) is 10.1. The highest BCUT2D eigenvalue weighted by atomic mass is 16.5. The molecule has 1 heterocycles. The zero-order valence-electron chi connectivity index (χ0n) is 8.40. The van der Waals surface area contributed by atoms with Crippen LogP contribution in [0.25, 0.3) is 10.8 Å². The number of hydrogen-bond donors (Lipinski definition) is 0. The average molecular weight is 187 g/mol. The lowest BCUT2D eigenvalue weighted by Gasteiger charge is -2.08. The number of rotatable bonds is 1. The van der Waals surface area contributed by atoms with E-state index in [0.717, 1.165) is 15.7 Å². The summed E-state index contributed by atoms with van der Waals surface area (Å²) in [6.07, 6.45) is 3.27. The Morgan fingerprint density at radius 1 is 1.14 bits per heavy atom. The number of hydrogen-bond acceptors (Lipinski definition) is 1. The van der Waals surface area contributed by atoms with Crippen molar-refractivity contribution in [1.82, 2.24) is 0 Å². The molecule has 2 heteroatoms. The Labute approximate surface area is 83.4 Å². The van der Waals surface area contributed by atoms with Crippen LogP contribution in [0.3, 0.4) is 0 Å². The highest BCUT2D eigenvalue weighted by molar-refractivity contribution is 5.84. The van der Waals surface area contributed by atoms with Gasteiger partial charge in [0.25, 0.3) is 0 Å². The lowest BCUT2D eigenvalue weighted by molar-refractivity contribution is -0.604. The van der Waals surface area contributed by atoms with Crippen LogP contribution in [0.15, 0.2) is 36.7 Å². The van der Waals surface area contributed by atoms with E-state index in [1.54, 1.807) is 12.4 Å². The third-order valence-electron chi connectivity index (χ3n) is 2.43. The van der Waals surface area contributed by atoms with E-state index >= 15 is 0 Å². The summed E-state index contributed by atoms with van der Waals surface area (Å²) in [4.78, 5) is 0. The van der Waals surface area contributed by atoms with Crippen LogP contribution in [-0.2, 0) is 0 Å². The SMILES string of the molecule is CC(C)c1c[n+]([O-])cc2ccccc12. The molecule has 72 valence electrons. The molecule has 0 spiro atoms. The maximum atomic E-state index is 11.3. The monoisotopic (exact) mass is 187 g/mol. The van der Waals surface area contributed by atoms with Crippen molar-refractivity contribution in [2.75, 3.05) is 0 Å². The second kappa shape index (κ2) is 3.29. The van der Waals surface area contributed by atoms with Crippen molar-refractivity contribution in [3.8, 4) is 0 Å². The summed E-state index contributed by atoms with van der Waals surface area (Å²) >= 11 is 0. The summed E-state index contributed by atoms with van der Waals surface area (Å²) in [5.41, 5.74) is 1.11. The third-order valence-corrected chi connectivity index (χ3v) is 2.43. The predicted molar refractivity (Wildman–Crippen MR) is 57.0 cm³/mol. The molecule has 1 aromatic heterocycles. The number of fused-ring (bicyclic) bond motifs is 1. The number of benzene rings is 1. The molecule has 0 aliphatic rings. The molecular formula is C12H13NO. The fraction of sp³-hybridized carbons (Fsp3) is 0.250. The Kier molecular flexibility index (Phi) is 2.12. The molecule has 0 fully saturated rings. The van der Waals surface area contributed by atoms with Crippen molar-refractivity contribution < 1.29 is 4.73 Å². The summed E-state index contributed by atoms with van der Waals surface area (Å²) in [6.45, 7) is 4.20.